The van der Waals surface area contributed by atoms with Crippen LogP contribution in [0.2, 0.25) is 0 Å². The van der Waals surface area contributed by atoms with Crippen LogP contribution in [0, 0.1) is 18.3 Å². The van der Waals surface area contributed by atoms with Crippen molar-refractivity contribution in [3.63, 3.8) is 0 Å². The van der Waals surface area contributed by atoms with Crippen LogP contribution in [0.1, 0.15) is 52.0 Å². The molecule has 6 rings (SSSR count). The number of nitrogen functional groups attached to an aromatic ring is 1. The number of hydrogen-bond donors (Lipinski definition) is 1. The highest BCUT2D eigenvalue weighted by Gasteiger charge is 2.57. The Hall–Kier alpha value is -5.42. The SMILES string of the molecule is CCN(CC)c1cc2c(cc1C)C1(c3ccc(N)cc3O2)c2ccccc2C(=O)N1/N=C/C=N/c1ccc(C#N)cc1. The highest BCUT2D eigenvalue weighted by Crippen LogP contribution is 2.58. The Morgan fingerprint density at radius 2 is 1.69 bits per heavy atom. The van der Waals surface area contributed by atoms with Crippen molar-refractivity contribution in [2.45, 2.75) is 26.3 Å². The summed E-state index contributed by atoms with van der Waals surface area (Å²) < 4.78 is 6.54. The summed E-state index contributed by atoms with van der Waals surface area (Å²) in [7, 11) is 0. The fraction of sp³-hybridized carbons (Fsp3) is 0.176. The van der Waals surface area contributed by atoms with E-state index in [9.17, 15) is 4.79 Å². The van der Waals surface area contributed by atoms with E-state index in [-0.39, 0.29) is 5.91 Å². The number of hydrogen-bond acceptors (Lipinski definition) is 7. The summed E-state index contributed by atoms with van der Waals surface area (Å²) in [5, 5.41) is 15.3. The quantitative estimate of drug-likeness (QED) is 0.215. The highest BCUT2D eigenvalue weighted by atomic mass is 16.5. The highest BCUT2D eigenvalue weighted by molar-refractivity contribution is 6.17. The van der Waals surface area contributed by atoms with Gasteiger partial charge in [-0.25, -0.2) is 5.01 Å². The average molecular weight is 555 g/mol. The first-order valence-corrected chi connectivity index (χ1v) is 13.9. The van der Waals surface area contributed by atoms with Gasteiger partial charge in [-0.1, -0.05) is 24.3 Å². The number of amides is 1. The number of aryl methyl sites for hydroxylation is 1. The van der Waals surface area contributed by atoms with Crippen LogP contribution in [-0.2, 0) is 5.54 Å². The van der Waals surface area contributed by atoms with Gasteiger partial charge in [0.05, 0.1) is 23.5 Å². The summed E-state index contributed by atoms with van der Waals surface area (Å²) in [6.07, 6.45) is 3.07. The van der Waals surface area contributed by atoms with E-state index >= 15 is 0 Å². The zero-order valence-corrected chi connectivity index (χ0v) is 23.7. The maximum absolute atomic E-state index is 14.1. The molecule has 42 heavy (non-hydrogen) atoms. The minimum absolute atomic E-state index is 0.227. The Bertz CT molecular complexity index is 1800. The van der Waals surface area contributed by atoms with E-state index in [1.54, 1.807) is 36.5 Å². The molecule has 0 radical (unpaired) electrons. The summed E-state index contributed by atoms with van der Waals surface area (Å²) >= 11 is 0. The molecular weight excluding hydrogens is 524 g/mol. The lowest BCUT2D eigenvalue weighted by Gasteiger charge is -2.42. The smallest absolute Gasteiger partial charge is 0.275 e. The van der Waals surface area contributed by atoms with Gasteiger partial charge in [0.2, 0.25) is 0 Å². The van der Waals surface area contributed by atoms with Crippen molar-refractivity contribution in [1.29, 1.82) is 5.26 Å². The van der Waals surface area contributed by atoms with Crippen LogP contribution in [0.5, 0.6) is 11.5 Å². The molecule has 2 N–H and O–H groups in total. The number of carbonyl (C=O) groups is 1. The Kier molecular flexibility index (Phi) is 6.71. The summed E-state index contributed by atoms with van der Waals surface area (Å²) in [4.78, 5) is 20.8. The van der Waals surface area contributed by atoms with Gasteiger partial charge >= 0.3 is 0 Å². The van der Waals surface area contributed by atoms with E-state index < -0.39 is 5.54 Å². The van der Waals surface area contributed by atoms with Gasteiger partial charge in [0.1, 0.15) is 17.0 Å². The molecule has 4 aromatic rings. The fourth-order valence-electron chi connectivity index (χ4n) is 6.00. The third-order valence-corrected chi connectivity index (χ3v) is 7.93. The number of nitrogens with zero attached hydrogens (tertiary/aromatic N) is 5. The van der Waals surface area contributed by atoms with Crippen LogP contribution in [0.3, 0.4) is 0 Å². The summed E-state index contributed by atoms with van der Waals surface area (Å²) in [6.45, 7) is 8.04. The Labute approximate surface area is 245 Å². The van der Waals surface area contributed by atoms with Crippen molar-refractivity contribution in [3.8, 4) is 17.6 Å². The molecule has 0 aliphatic carbocycles. The first-order chi connectivity index (χ1) is 20.4. The minimum atomic E-state index is -1.09. The van der Waals surface area contributed by atoms with E-state index in [0.717, 1.165) is 41.0 Å². The van der Waals surface area contributed by atoms with Gasteiger partial charge in [-0.15, -0.1) is 0 Å². The second-order valence-corrected chi connectivity index (χ2v) is 10.2. The minimum Gasteiger partial charge on any atom is -0.456 e. The van der Waals surface area contributed by atoms with Crippen molar-refractivity contribution in [2.24, 2.45) is 10.1 Å². The normalized spacial score (nSPS) is 16.8. The Balaban J connectivity index is 1.56. The van der Waals surface area contributed by atoms with Crippen molar-refractivity contribution < 1.29 is 9.53 Å². The summed E-state index contributed by atoms with van der Waals surface area (Å²) in [6, 6.07) is 26.4. The second-order valence-electron chi connectivity index (χ2n) is 10.2. The van der Waals surface area contributed by atoms with E-state index in [4.69, 9.17) is 20.8 Å². The number of nitrogens with two attached hydrogens (primary N) is 1. The van der Waals surface area contributed by atoms with E-state index in [1.807, 2.05) is 36.4 Å². The van der Waals surface area contributed by atoms with E-state index in [2.05, 4.69) is 48.9 Å². The number of carbonyl (C=O) groups excluding carboxylic acids is 1. The van der Waals surface area contributed by atoms with Crippen LogP contribution >= 0.6 is 0 Å². The zero-order valence-electron chi connectivity index (χ0n) is 23.7. The largest absolute Gasteiger partial charge is 0.456 e. The number of anilines is 2. The predicted octanol–water partition coefficient (Wildman–Crippen LogP) is 6.54. The van der Waals surface area contributed by atoms with Crippen LogP contribution in [-0.4, -0.2) is 36.4 Å². The molecule has 4 aromatic carbocycles. The topological polar surface area (TPSA) is 107 Å². The Morgan fingerprint density at radius 3 is 2.43 bits per heavy atom. The Morgan fingerprint density at radius 1 is 0.952 bits per heavy atom. The lowest BCUT2D eigenvalue weighted by Crippen LogP contribution is -2.44. The molecule has 2 heterocycles. The third kappa shape index (κ3) is 4.10. The fourth-order valence-corrected chi connectivity index (χ4v) is 6.00. The molecule has 1 amide bonds. The number of aliphatic imine (C=N–C) groups is 1. The van der Waals surface area contributed by atoms with Crippen molar-refractivity contribution in [3.05, 3.63) is 112 Å². The zero-order chi connectivity index (χ0) is 29.4. The van der Waals surface area contributed by atoms with Crippen molar-refractivity contribution in [2.75, 3.05) is 23.7 Å². The monoisotopic (exact) mass is 554 g/mol. The lowest BCUT2D eigenvalue weighted by atomic mass is 9.74. The standard InChI is InChI=1S/C34H30N6O2/c1-4-39(5-2)30-20-32-29(18-22(30)3)34(28-15-12-24(36)19-31(28)42-32)27-9-7-6-8-26(27)33(41)40(34)38-17-16-37-25-13-10-23(21-35)11-14-25/h6-20H,4-5,36H2,1-3H3/b37-16+,38-17+. The van der Waals surface area contributed by atoms with Crippen LogP contribution < -0.4 is 15.4 Å². The van der Waals surface area contributed by atoms with Gasteiger partial charge in [0.15, 0.2) is 0 Å². The molecule has 208 valence electrons. The van der Waals surface area contributed by atoms with Crippen molar-refractivity contribution >= 4 is 35.4 Å². The van der Waals surface area contributed by atoms with Gasteiger partial charge in [0.25, 0.3) is 5.91 Å². The molecule has 0 fully saturated rings. The molecule has 8 nitrogen and oxygen atoms in total. The molecule has 0 aromatic heterocycles. The van der Waals surface area contributed by atoms with Crippen molar-refractivity contribution in [1.82, 2.24) is 5.01 Å². The van der Waals surface area contributed by atoms with Gasteiger partial charge in [-0.2, -0.15) is 10.4 Å². The van der Waals surface area contributed by atoms with Gasteiger partial charge in [-0.05, 0) is 68.8 Å². The molecule has 1 unspecified atom stereocenters. The van der Waals surface area contributed by atoms with Gasteiger partial charge in [-0.3, -0.25) is 9.79 Å². The molecule has 8 heteroatoms. The van der Waals surface area contributed by atoms with Gasteiger partial charge in [0, 0.05) is 65.1 Å². The molecule has 0 saturated heterocycles. The molecule has 0 bridgehead atoms. The number of fused-ring (bicyclic) bond motifs is 6. The number of hydrazone groups is 1. The first kappa shape index (κ1) is 26.8. The number of nitriles is 1. The third-order valence-electron chi connectivity index (χ3n) is 7.93. The van der Waals surface area contributed by atoms with Crippen LogP contribution in [0.25, 0.3) is 0 Å². The number of rotatable bonds is 6. The summed E-state index contributed by atoms with van der Waals surface area (Å²) in [5.41, 5.74) is 12.1. The molecule has 0 saturated carbocycles. The lowest BCUT2D eigenvalue weighted by molar-refractivity contribution is 0.0675. The van der Waals surface area contributed by atoms with E-state index in [1.165, 1.54) is 11.2 Å². The van der Waals surface area contributed by atoms with Crippen LogP contribution in [0.4, 0.5) is 17.1 Å². The first-order valence-electron chi connectivity index (χ1n) is 13.9. The maximum Gasteiger partial charge on any atom is 0.275 e. The van der Waals surface area contributed by atoms with E-state index in [0.29, 0.717) is 34.0 Å². The molecule has 2 aliphatic rings. The van der Waals surface area contributed by atoms with Crippen LogP contribution in [0.15, 0.2) is 89.0 Å². The average Bonchev–Trinajstić information content (AvgIpc) is 3.25. The number of benzene rings is 4. The molecule has 2 aliphatic heterocycles. The number of ether oxygens (including phenoxy) is 1. The van der Waals surface area contributed by atoms with Gasteiger partial charge < -0.3 is 15.4 Å². The molecular formula is C34H30N6O2. The second kappa shape index (κ2) is 10.5. The summed E-state index contributed by atoms with van der Waals surface area (Å²) in [5.74, 6) is 0.999. The maximum atomic E-state index is 14.1. The predicted molar refractivity (Wildman–Crippen MR) is 166 cm³/mol. The molecule has 1 atom stereocenters. The molecule has 1 spiro atoms.